The Balaban J connectivity index is 1.50. The average Bonchev–Trinajstić information content (AvgIpc) is 3.57. The van der Waals surface area contributed by atoms with Gasteiger partial charge in [0, 0.05) is 16.6 Å². The van der Waals surface area contributed by atoms with Gasteiger partial charge in [-0.15, -0.1) is 0 Å². The summed E-state index contributed by atoms with van der Waals surface area (Å²) >= 11 is 0. The second kappa shape index (κ2) is 10.0. The SMILES string of the molecule is COC(=O)C1=CCC[C@H]2[C@](C)(C[C@@H](O[C@@H]3O[C@H](CO)[C@@H](O)[C@H](O)[C@H]3O)c3ccoc3)[C@H]3C[C@H](OC3=O)[C@@]12C. The van der Waals surface area contributed by atoms with Crippen LogP contribution in [0.5, 0.6) is 0 Å². The molecule has 11 atom stereocenters. The topological polar surface area (TPSA) is 165 Å². The maximum absolute atomic E-state index is 13.2. The summed E-state index contributed by atoms with van der Waals surface area (Å²) in [4.78, 5) is 26.0. The lowest BCUT2D eigenvalue weighted by molar-refractivity contribution is -0.315. The lowest BCUT2D eigenvalue weighted by Gasteiger charge is -2.56. The van der Waals surface area contributed by atoms with Gasteiger partial charge in [0.2, 0.25) is 0 Å². The molecule has 1 aromatic heterocycles. The highest BCUT2D eigenvalue weighted by Crippen LogP contribution is 2.66. The van der Waals surface area contributed by atoms with E-state index in [-0.39, 0.29) is 18.3 Å². The number of hydrogen-bond acceptors (Lipinski definition) is 11. The van der Waals surface area contributed by atoms with Crippen molar-refractivity contribution in [3.8, 4) is 0 Å². The average molecular weight is 537 g/mol. The van der Waals surface area contributed by atoms with Crippen molar-refractivity contribution in [1.29, 1.82) is 0 Å². The molecule has 38 heavy (non-hydrogen) atoms. The van der Waals surface area contributed by atoms with Gasteiger partial charge in [-0.2, -0.15) is 0 Å². The lowest BCUT2D eigenvalue weighted by atomic mass is 9.46. The fourth-order valence-electron chi connectivity index (χ4n) is 7.39. The van der Waals surface area contributed by atoms with Gasteiger partial charge < -0.3 is 43.8 Å². The van der Waals surface area contributed by atoms with Gasteiger partial charge in [0.1, 0.15) is 30.5 Å². The van der Waals surface area contributed by atoms with Gasteiger partial charge in [-0.25, -0.2) is 4.79 Å². The molecule has 3 heterocycles. The van der Waals surface area contributed by atoms with E-state index in [0.29, 0.717) is 24.0 Å². The van der Waals surface area contributed by atoms with Crippen molar-refractivity contribution in [2.45, 2.75) is 82.4 Å². The summed E-state index contributed by atoms with van der Waals surface area (Å²) in [5, 5.41) is 40.7. The normalized spacial score (nSPS) is 43.1. The van der Waals surface area contributed by atoms with Crippen LogP contribution in [0.3, 0.4) is 0 Å². The first-order valence-corrected chi connectivity index (χ1v) is 13.0. The summed E-state index contributed by atoms with van der Waals surface area (Å²) in [6.07, 6.45) is -1.49. The van der Waals surface area contributed by atoms with Gasteiger partial charge in [0.15, 0.2) is 6.29 Å². The van der Waals surface area contributed by atoms with E-state index < -0.39 is 72.2 Å². The Morgan fingerprint density at radius 1 is 1.21 bits per heavy atom. The van der Waals surface area contributed by atoms with Gasteiger partial charge in [-0.3, -0.25) is 4.79 Å². The molecular weight excluding hydrogens is 500 g/mol. The van der Waals surface area contributed by atoms with Crippen LogP contribution in [0.2, 0.25) is 0 Å². The fourth-order valence-corrected chi connectivity index (χ4v) is 7.39. The number of rotatable bonds is 7. The molecule has 1 aromatic rings. The van der Waals surface area contributed by atoms with Crippen LogP contribution in [0.15, 0.2) is 34.7 Å². The molecule has 0 aromatic carbocycles. The van der Waals surface area contributed by atoms with Crippen molar-refractivity contribution in [2.24, 2.45) is 22.7 Å². The fraction of sp³-hybridized carbons (Fsp3) is 0.704. The molecule has 3 fully saturated rings. The summed E-state index contributed by atoms with van der Waals surface area (Å²) < 4.78 is 28.2. The first-order chi connectivity index (χ1) is 18.1. The Labute approximate surface area is 220 Å². The van der Waals surface area contributed by atoms with Crippen LogP contribution in [0, 0.1) is 22.7 Å². The summed E-state index contributed by atoms with van der Waals surface area (Å²) in [5.74, 6) is -1.35. The van der Waals surface area contributed by atoms with Crippen molar-refractivity contribution >= 4 is 11.9 Å². The quantitative estimate of drug-likeness (QED) is 0.367. The molecule has 0 spiro atoms. The molecule has 4 N–H and O–H groups in total. The second-order valence-corrected chi connectivity index (χ2v) is 11.3. The molecule has 0 amide bonds. The number of fused-ring (bicyclic) bond motifs is 4. The predicted molar refractivity (Wildman–Crippen MR) is 128 cm³/mol. The maximum atomic E-state index is 13.2. The van der Waals surface area contributed by atoms with Crippen molar-refractivity contribution in [2.75, 3.05) is 13.7 Å². The van der Waals surface area contributed by atoms with Crippen molar-refractivity contribution in [3.05, 3.63) is 35.8 Å². The number of aliphatic hydroxyl groups excluding tert-OH is 4. The summed E-state index contributed by atoms with van der Waals surface area (Å²) in [7, 11) is 1.34. The maximum Gasteiger partial charge on any atom is 0.334 e. The third-order valence-corrected chi connectivity index (χ3v) is 9.45. The number of aliphatic hydroxyl groups is 4. The van der Waals surface area contributed by atoms with Crippen LogP contribution in [0.4, 0.5) is 0 Å². The number of methoxy groups -OCH3 is 1. The highest BCUT2D eigenvalue weighted by atomic mass is 16.7. The smallest absolute Gasteiger partial charge is 0.334 e. The zero-order valence-electron chi connectivity index (χ0n) is 21.7. The van der Waals surface area contributed by atoms with Crippen LogP contribution in [-0.4, -0.2) is 82.9 Å². The van der Waals surface area contributed by atoms with E-state index in [1.165, 1.54) is 19.6 Å². The molecule has 5 rings (SSSR count). The minimum atomic E-state index is -1.60. The molecular formula is C27H36O11. The minimum absolute atomic E-state index is 0.142. The molecule has 2 saturated heterocycles. The molecule has 11 nitrogen and oxygen atoms in total. The van der Waals surface area contributed by atoms with E-state index in [0.717, 1.165) is 6.42 Å². The third kappa shape index (κ3) is 4.11. The van der Waals surface area contributed by atoms with Crippen molar-refractivity contribution < 1.29 is 53.4 Å². The summed E-state index contributed by atoms with van der Waals surface area (Å²) in [5.41, 5.74) is -0.344. The lowest BCUT2D eigenvalue weighted by Crippen LogP contribution is -2.59. The Bertz CT molecular complexity index is 1070. The first kappa shape index (κ1) is 27.3. The number of ether oxygens (including phenoxy) is 4. The number of carbonyl (C=O) groups is 2. The molecule has 210 valence electrons. The Kier molecular flexibility index (Phi) is 7.21. The minimum Gasteiger partial charge on any atom is -0.472 e. The number of hydrogen-bond donors (Lipinski definition) is 4. The third-order valence-electron chi connectivity index (χ3n) is 9.45. The Hall–Kier alpha value is -2.28. The highest BCUT2D eigenvalue weighted by molar-refractivity contribution is 5.91. The number of carbonyl (C=O) groups excluding carboxylic acids is 2. The Morgan fingerprint density at radius 2 is 1.97 bits per heavy atom. The number of esters is 2. The zero-order valence-corrected chi connectivity index (χ0v) is 21.7. The van der Waals surface area contributed by atoms with E-state index >= 15 is 0 Å². The van der Waals surface area contributed by atoms with E-state index in [9.17, 15) is 30.0 Å². The van der Waals surface area contributed by atoms with Gasteiger partial charge in [-0.1, -0.05) is 19.9 Å². The first-order valence-electron chi connectivity index (χ1n) is 13.0. The van der Waals surface area contributed by atoms with E-state index in [1.807, 2.05) is 19.9 Å². The monoisotopic (exact) mass is 536 g/mol. The molecule has 2 aliphatic heterocycles. The van der Waals surface area contributed by atoms with Crippen LogP contribution in [0.1, 0.15) is 51.2 Å². The van der Waals surface area contributed by atoms with Crippen molar-refractivity contribution in [3.63, 3.8) is 0 Å². The standard InChI is InChI=1S/C27H36O11/c1-26(15-9-19(38-24(15)33)27(2)14(23(32)34-3)5-4-6-18(26)27)10-16(13-7-8-35-12-13)36-25-22(31)21(30)20(29)17(11-28)37-25/h5,7-8,12,15-22,25,28-31H,4,6,9-11H2,1-3H3/t15-,16+,17+,18-,19-,20+,21-,22+,25+,26+,27-/m0/s1. The highest BCUT2D eigenvalue weighted by Gasteiger charge is 2.67. The van der Waals surface area contributed by atoms with Gasteiger partial charge in [0.25, 0.3) is 0 Å². The molecule has 1 saturated carbocycles. The zero-order chi connectivity index (χ0) is 27.4. The van der Waals surface area contributed by atoms with Crippen LogP contribution >= 0.6 is 0 Å². The molecule has 4 aliphatic rings. The molecule has 0 unspecified atom stereocenters. The number of furan rings is 1. The van der Waals surface area contributed by atoms with Crippen LogP contribution in [-0.2, 0) is 28.5 Å². The molecule has 0 radical (unpaired) electrons. The van der Waals surface area contributed by atoms with Gasteiger partial charge >= 0.3 is 11.9 Å². The van der Waals surface area contributed by atoms with Crippen LogP contribution in [0.25, 0.3) is 0 Å². The summed E-state index contributed by atoms with van der Waals surface area (Å²) in [6.45, 7) is 3.38. The molecule has 2 aliphatic carbocycles. The van der Waals surface area contributed by atoms with E-state index in [1.54, 1.807) is 6.07 Å². The second-order valence-electron chi connectivity index (χ2n) is 11.3. The molecule has 2 bridgehead atoms. The van der Waals surface area contributed by atoms with E-state index in [4.69, 9.17) is 23.4 Å². The van der Waals surface area contributed by atoms with Gasteiger partial charge in [-0.05, 0) is 43.1 Å². The van der Waals surface area contributed by atoms with E-state index in [2.05, 4.69) is 0 Å². The largest absolute Gasteiger partial charge is 0.472 e. The Morgan fingerprint density at radius 3 is 2.63 bits per heavy atom. The van der Waals surface area contributed by atoms with Crippen LogP contribution < -0.4 is 0 Å². The predicted octanol–water partition coefficient (Wildman–Crippen LogP) is 0.995. The van der Waals surface area contributed by atoms with Gasteiger partial charge in [0.05, 0.1) is 38.3 Å². The molecule has 11 heteroatoms. The van der Waals surface area contributed by atoms with Crippen molar-refractivity contribution in [1.82, 2.24) is 0 Å². The number of allylic oxidation sites excluding steroid dienone is 1. The summed E-state index contributed by atoms with van der Waals surface area (Å²) in [6, 6.07) is 1.70.